The maximum Gasteiger partial charge on any atom is 0.279 e. The zero-order chi connectivity index (χ0) is 11.5. The Kier molecular flexibility index (Phi) is 3.14. The lowest BCUT2D eigenvalue weighted by Crippen LogP contribution is -2.29. The molecule has 0 unspecified atom stereocenters. The molecule has 1 aromatic heterocycles. The fraction of sp³-hybridized carbons (Fsp3) is 0. The van der Waals surface area contributed by atoms with Crippen molar-refractivity contribution in [3.05, 3.63) is 34.2 Å². The third-order valence-electron chi connectivity index (χ3n) is 1.94. The Morgan fingerprint density at radius 3 is 2.69 bits per heavy atom. The van der Waals surface area contributed by atoms with Gasteiger partial charge >= 0.3 is 0 Å². The van der Waals surface area contributed by atoms with Crippen molar-refractivity contribution < 1.29 is 4.79 Å². The zero-order valence-corrected chi connectivity index (χ0v) is 9.55. The van der Waals surface area contributed by atoms with Gasteiger partial charge in [0.25, 0.3) is 5.91 Å². The third kappa shape index (κ3) is 2.04. The lowest BCUT2D eigenvalue weighted by molar-refractivity contribution is 0.0958. The molecule has 5 nitrogen and oxygen atoms in total. The van der Waals surface area contributed by atoms with E-state index in [-0.39, 0.29) is 0 Å². The van der Waals surface area contributed by atoms with Gasteiger partial charge < -0.3 is 0 Å². The van der Waals surface area contributed by atoms with Crippen LogP contribution in [0.5, 0.6) is 0 Å². The van der Waals surface area contributed by atoms with Gasteiger partial charge in [-0.25, -0.2) is 5.84 Å². The summed E-state index contributed by atoms with van der Waals surface area (Å²) in [6.45, 7) is 0. The summed E-state index contributed by atoms with van der Waals surface area (Å²) in [7, 11) is 0. The van der Waals surface area contributed by atoms with Crippen LogP contribution in [0.25, 0.3) is 11.3 Å². The number of hydrazine groups is 1. The van der Waals surface area contributed by atoms with Crippen LogP contribution in [0.3, 0.4) is 0 Å². The number of nitrogens with two attached hydrogens (primary N) is 1. The van der Waals surface area contributed by atoms with Gasteiger partial charge in [-0.1, -0.05) is 28.2 Å². The lowest BCUT2D eigenvalue weighted by Gasteiger charge is -1.99. The molecule has 82 valence electrons. The molecule has 0 atom stereocenters. The highest BCUT2D eigenvalue weighted by molar-refractivity contribution is 7.08. The second-order valence-electron chi connectivity index (χ2n) is 2.93. The number of carbonyl (C=O) groups excluding carboxylic acids is 1. The van der Waals surface area contributed by atoms with Crippen molar-refractivity contribution in [3.63, 3.8) is 0 Å². The molecular weight excluding hydrogens is 248 g/mol. The number of aromatic nitrogens is 2. The molecular formula is C9H7ClN4OS. The first-order valence-electron chi connectivity index (χ1n) is 4.31. The molecule has 0 aliphatic rings. The molecule has 0 bridgehead atoms. The number of nitrogen functional groups attached to an aromatic ring is 1. The summed E-state index contributed by atoms with van der Waals surface area (Å²) in [6, 6.07) is 6.99. The number of halogens is 1. The molecule has 0 saturated heterocycles. The van der Waals surface area contributed by atoms with E-state index in [1.54, 1.807) is 24.3 Å². The largest absolute Gasteiger partial charge is 0.289 e. The molecule has 1 aromatic carbocycles. The number of rotatable bonds is 2. The highest BCUT2D eigenvalue weighted by Gasteiger charge is 2.16. The molecule has 2 rings (SSSR count). The van der Waals surface area contributed by atoms with Crippen LogP contribution >= 0.6 is 23.1 Å². The standard InChI is InChI=1S/C9H7ClN4OS/c10-6-3-1-5(2-4-6)7-8(9(15)12-11)16-14-13-7/h1-4H,11H2,(H,12,15). The number of carbonyl (C=O) groups is 1. The quantitative estimate of drug-likeness (QED) is 0.483. The Hall–Kier alpha value is -1.50. The zero-order valence-electron chi connectivity index (χ0n) is 7.98. The first-order chi connectivity index (χ1) is 7.72. The maximum absolute atomic E-state index is 11.4. The summed E-state index contributed by atoms with van der Waals surface area (Å²) in [5.74, 6) is 4.66. The summed E-state index contributed by atoms with van der Waals surface area (Å²) in [5.41, 5.74) is 3.33. The van der Waals surface area contributed by atoms with Crippen LogP contribution in [0, 0.1) is 0 Å². The molecule has 2 aromatic rings. The normalized spacial score (nSPS) is 10.1. The molecule has 1 amide bonds. The maximum atomic E-state index is 11.4. The fourth-order valence-corrected chi connectivity index (χ4v) is 1.92. The van der Waals surface area contributed by atoms with Gasteiger partial charge in [-0.15, -0.1) is 5.10 Å². The summed E-state index contributed by atoms with van der Waals surface area (Å²) < 4.78 is 3.73. The van der Waals surface area contributed by atoms with Gasteiger partial charge in [0.15, 0.2) is 0 Å². The average molecular weight is 255 g/mol. The minimum absolute atomic E-state index is 0.379. The van der Waals surface area contributed by atoms with Crippen molar-refractivity contribution in [2.75, 3.05) is 0 Å². The summed E-state index contributed by atoms with van der Waals surface area (Å²) in [4.78, 5) is 11.8. The van der Waals surface area contributed by atoms with Crippen LogP contribution < -0.4 is 11.3 Å². The van der Waals surface area contributed by atoms with Gasteiger partial charge in [0.1, 0.15) is 10.6 Å². The molecule has 0 saturated carbocycles. The third-order valence-corrected chi connectivity index (χ3v) is 2.92. The Bertz CT molecular complexity index is 510. The molecule has 1 heterocycles. The van der Waals surface area contributed by atoms with E-state index in [2.05, 4.69) is 15.0 Å². The van der Waals surface area contributed by atoms with E-state index >= 15 is 0 Å². The second kappa shape index (κ2) is 4.56. The minimum atomic E-state index is -0.403. The van der Waals surface area contributed by atoms with Crippen LogP contribution in [0.4, 0.5) is 0 Å². The van der Waals surface area contributed by atoms with Gasteiger partial charge in [0.05, 0.1) is 0 Å². The van der Waals surface area contributed by atoms with Crippen molar-refractivity contribution in [3.8, 4) is 11.3 Å². The SMILES string of the molecule is NNC(=O)c1snnc1-c1ccc(Cl)cc1. The Balaban J connectivity index is 2.44. The van der Waals surface area contributed by atoms with Crippen LogP contribution in [0.1, 0.15) is 9.67 Å². The van der Waals surface area contributed by atoms with Gasteiger partial charge in [0, 0.05) is 10.6 Å². The summed E-state index contributed by atoms with van der Waals surface area (Å²) >= 11 is 6.77. The van der Waals surface area contributed by atoms with E-state index in [1.807, 2.05) is 0 Å². The van der Waals surface area contributed by atoms with Crippen molar-refractivity contribution in [1.82, 2.24) is 15.0 Å². The number of amides is 1. The number of nitrogens with one attached hydrogen (secondary N) is 1. The topological polar surface area (TPSA) is 80.9 Å². The van der Waals surface area contributed by atoms with E-state index < -0.39 is 5.91 Å². The van der Waals surface area contributed by atoms with Gasteiger partial charge in [-0.05, 0) is 23.7 Å². The molecule has 3 N–H and O–H groups in total. The summed E-state index contributed by atoms with van der Waals surface area (Å²) in [5, 5.41) is 4.52. The van der Waals surface area contributed by atoms with Crippen molar-refractivity contribution in [2.45, 2.75) is 0 Å². The summed E-state index contributed by atoms with van der Waals surface area (Å²) in [6.07, 6.45) is 0. The molecule has 7 heteroatoms. The van der Waals surface area contributed by atoms with Gasteiger partial charge in [0.2, 0.25) is 0 Å². The van der Waals surface area contributed by atoms with Crippen LogP contribution in [-0.2, 0) is 0 Å². The Labute approximate surface area is 100 Å². The predicted octanol–water partition coefficient (Wildman–Crippen LogP) is 1.46. The van der Waals surface area contributed by atoms with Gasteiger partial charge in [-0.3, -0.25) is 10.2 Å². The van der Waals surface area contributed by atoms with E-state index in [1.165, 1.54) is 0 Å². The molecule has 0 fully saturated rings. The highest BCUT2D eigenvalue weighted by Crippen LogP contribution is 2.24. The number of benzene rings is 1. The lowest BCUT2D eigenvalue weighted by atomic mass is 10.1. The van der Waals surface area contributed by atoms with Gasteiger partial charge in [-0.2, -0.15) is 0 Å². The monoisotopic (exact) mass is 254 g/mol. The predicted molar refractivity (Wildman–Crippen MR) is 62.0 cm³/mol. The molecule has 0 spiro atoms. The first kappa shape index (κ1) is 11.0. The van der Waals surface area contributed by atoms with E-state index in [0.717, 1.165) is 17.1 Å². The van der Waals surface area contributed by atoms with E-state index in [4.69, 9.17) is 17.4 Å². The number of hydrogen-bond donors (Lipinski definition) is 2. The van der Waals surface area contributed by atoms with Crippen LogP contribution in [0.15, 0.2) is 24.3 Å². The van der Waals surface area contributed by atoms with Crippen LogP contribution in [0.2, 0.25) is 5.02 Å². The smallest absolute Gasteiger partial charge is 0.279 e. The number of hydrogen-bond acceptors (Lipinski definition) is 5. The Morgan fingerprint density at radius 1 is 1.38 bits per heavy atom. The van der Waals surface area contributed by atoms with Crippen molar-refractivity contribution in [2.24, 2.45) is 5.84 Å². The average Bonchev–Trinajstić information content (AvgIpc) is 2.78. The van der Waals surface area contributed by atoms with E-state index in [0.29, 0.717) is 15.6 Å². The van der Waals surface area contributed by atoms with E-state index in [9.17, 15) is 4.79 Å². The van der Waals surface area contributed by atoms with Crippen molar-refractivity contribution >= 4 is 29.0 Å². The first-order valence-corrected chi connectivity index (χ1v) is 5.46. The second-order valence-corrected chi connectivity index (χ2v) is 4.12. The fourth-order valence-electron chi connectivity index (χ4n) is 1.20. The minimum Gasteiger partial charge on any atom is -0.289 e. The molecule has 0 aliphatic carbocycles. The Morgan fingerprint density at radius 2 is 2.06 bits per heavy atom. The molecule has 16 heavy (non-hydrogen) atoms. The molecule has 0 radical (unpaired) electrons. The highest BCUT2D eigenvalue weighted by atomic mass is 35.5. The van der Waals surface area contributed by atoms with Crippen LogP contribution in [-0.4, -0.2) is 15.5 Å². The van der Waals surface area contributed by atoms with Crippen molar-refractivity contribution in [1.29, 1.82) is 0 Å². The molecule has 0 aliphatic heterocycles. The number of nitrogens with zero attached hydrogens (tertiary/aromatic N) is 2.